The van der Waals surface area contributed by atoms with Crippen molar-refractivity contribution in [3.8, 4) is 17.2 Å². The van der Waals surface area contributed by atoms with Crippen LogP contribution in [-0.4, -0.2) is 53.2 Å². The lowest BCUT2D eigenvalue weighted by Crippen LogP contribution is -2.41. The topological polar surface area (TPSA) is 78.1 Å². The lowest BCUT2D eigenvalue weighted by atomic mass is 10.1. The highest BCUT2D eigenvalue weighted by molar-refractivity contribution is 5.91. The lowest BCUT2D eigenvalue weighted by Gasteiger charge is -2.18. The zero-order valence-corrected chi connectivity index (χ0v) is 18.6. The summed E-state index contributed by atoms with van der Waals surface area (Å²) in [5.74, 6) is 0.944. The summed E-state index contributed by atoms with van der Waals surface area (Å²) < 4.78 is 21.2. The van der Waals surface area contributed by atoms with Crippen LogP contribution in [0, 0.1) is 0 Å². The summed E-state index contributed by atoms with van der Waals surface area (Å²) in [6.07, 6.45) is 6.98. The van der Waals surface area contributed by atoms with E-state index in [-0.39, 0.29) is 5.97 Å². The van der Waals surface area contributed by atoms with Gasteiger partial charge in [-0.05, 0) is 38.1 Å². The maximum absolute atomic E-state index is 12.3. The Morgan fingerprint density at radius 1 is 0.862 bits per heavy atom. The van der Waals surface area contributed by atoms with Crippen molar-refractivity contribution in [3.63, 3.8) is 0 Å². The molecule has 1 rings (SSSR count). The van der Waals surface area contributed by atoms with Crippen molar-refractivity contribution < 1.29 is 23.7 Å². The van der Waals surface area contributed by atoms with Crippen LogP contribution in [0.5, 0.6) is 17.2 Å². The van der Waals surface area contributed by atoms with Gasteiger partial charge in [0, 0.05) is 0 Å². The van der Waals surface area contributed by atoms with Crippen molar-refractivity contribution in [2.75, 3.05) is 41.0 Å². The Labute approximate surface area is 175 Å². The minimum atomic E-state index is -0.386. The summed E-state index contributed by atoms with van der Waals surface area (Å²) in [5.41, 5.74) is 0.386. The van der Waals surface area contributed by atoms with Crippen LogP contribution < -0.4 is 24.8 Å². The highest BCUT2D eigenvalue weighted by Gasteiger charge is 2.17. The van der Waals surface area contributed by atoms with E-state index in [1.54, 1.807) is 12.1 Å². The molecule has 7 heteroatoms. The highest BCUT2D eigenvalue weighted by Crippen LogP contribution is 2.38. The Balaban J connectivity index is 2.31. The Hall–Kier alpha value is -1.99. The molecule has 0 aliphatic carbocycles. The molecule has 2 N–H and O–H groups in total. The number of esters is 1. The lowest BCUT2D eigenvalue weighted by molar-refractivity contribution is 0.0496. The third-order valence-corrected chi connectivity index (χ3v) is 4.67. The quantitative estimate of drug-likeness (QED) is 0.244. The summed E-state index contributed by atoms with van der Waals surface area (Å²) in [5, 5.41) is 6.90. The molecule has 0 amide bonds. The van der Waals surface area contributed by atoms with Gasteiger partial charge in [-0.15, -0.1) is 0 Å². The molecule has 0 spiro atoms. The third kappa shape index (κ3) is 8.92. The first-order valence-electron chi connectivity index (χ1n) is 10.5. The minimum absolute atomic E-state index is 0.386. The second kappa shape index (κ2) is 14.9. The molecule has 0 heterocycles. The van der Waals surface area contributed by atoms with Gasteiger partial charge in [0.25, 0.3) is 0 Å². The van der Waals surface area contributed by atoms with E-state index in [0.29, 0.717) is 35.6 Å². The highest BCUT2D eigenvalue weighted by atomic mass is 16.5. The van der Waals surface area contributed by atoms with Gasteiger partial charge in [-0.1, -0.05) is 39.5 Å². The van der Waals surface area contributed by atoms with Crippen LogP contribution in [0.2, 0.25) is 0 Å². The van der Waals surface area contributed by atoms with Gasteiger partial charge < -0.3 is 29.6 Å². The van der Waals surface area contributed by atoms with Gasteiger partial charge in [0.15, 0.2) is 11.5 Å². The summed E-state index contributed by atoms with van der Waals surface area (Å²) >= 11 is 0. The maximum atomic E-state index is 12.3. The van der Waals surface area contributed by atoms with Crippen molar-refractivity contribution in [3.05, 3.63) is 17.7 Å². The van der Waals surface area contributed by atoms with Gasteiger partial charge in [0.05, 0.1) is 39.7 Å². The van der Waals surface area contributed by atoms with Crippen LogP contribution in [0.1, 0.15) is 62.7 Å². The largest absolute Gasteiger partial charge is 0.493 e. The number of ether oxygens (including phenoxy) is 4. The van der Waals surface area contributed by atoms with Crippen molar-refractivity contribution in [2.24, 2.45) is 0 Å². The number of hydrogen-bond donors (Lipinski definition) is 2. The fraction of sp³-hybridized carbons (Fsp3) is 0.682. The predicted octanol–water partition coefficient (Wildman–Crippen LogP) is 3.75. The van der Waals surface area contributed by atoms with Crippen LogP contribution in [-0.2, 0) is 4.74 Å². The molecule has 166 valence electrons. The van der Waals surface area contributed by atoms with Crippen LogP contribution in [0.15, 0.2) is 12.1 Å². The zero-order chi connectivity index (χ0) is 21.5. The number of rotatable bonds is 16. The average Bonchev–Trinajstić information content (AvgIpc) is 2.74. The Bertz CT molecular complexity index is 564. The minimum Gasteiger partial charge on any atom is -0.493 e. The van der Waals surface area contributed by atoms with E-state index >= 15 is 0 Å². The number of carbonyl (C=O) groups is 1. The fourth-order valence-corrected chi connectivity index (χ4v) is 3.20. The summed E-state index contributed by atoms with van der Waals surface area (Å²) in [6.45, 7) is 6.63. The summed E-state index contributed by atoms with van der Waals surface area (Å²) in [7, 11) is 4.57. The smallest absolute Gasteiger partial charge is 0.338 e. The van der Waals surface area contributed by atoms with E-state index in [2.05, 4.69) is 24.5 Å². The molecule has 29 heavy (non-hydrogen) atoms. The molecule has 1 aromatic carbocycles. The number of unbranched alkanes of at least 4 members (excludes halogenated alkanes) is 4. The molecular weight excluding hydrogens is 372 g/mol. The number of carbonyl (C=O) groups excluding carboxylic acids is 1. The summed E-state index contributed by atoms with van der Waals surface area (Å²) in [4.78, 5) is 12.3. The summed E-state index contributed by atoms with van der Waals surface area (Å²) in [6, 6.07) is 3.21. The molecule has 0 saturated heterocycles. The van der Waals surface area contributed by atoms with E-state index in [1.807, 2.05) is 0 Å². The average molecular weight is 411 g/mol. The van der Waals surface area contributed by atoms with Gasteiger partial charge in [0.1, 0.15) is 0 Å². The molecule has 0 aliphatic rings. The van der Waals surface area contributed by atoms with Crippen LogP contribution in [0.4, 0.5) is 0 Å². The van der Waals surface area contributed by atoms with Crippen LogP contribution >= 0.6 is 0 Å². The Morgan fingerprint density at radius 2 is 1.41 bits per heavy atom. The predicted molar refractivity (Wildman–Crippen MR) is 115 cm³/mol. The first-order chi connectivity index (χ1) is 14.1. The molecular formula is C22H38N2O5. The Morgan fingerprint density at radius 3 is 1.93 bits per heavy atom. The van der Waals surface area contributed by atoms with Gasteiger partial charge in [0.2, 0.25) is 5.75 Å². The molecule has 7 nitrogen and oxygen atoms in total. The van der Waals surface area contributed by atoms with E-state index in [9.17, 15) is 4.79 Å². The van der Waals surface area contributed by atoms with E-state index in [0.717, 1.165) is 38.8 Å². The van der Waals surface area contributed by atoms with Gasteiger partial charge >= 0.3 is 5.97 Å². The molecule has 1 aromatic rings. The van der Waals surface area contributed by atoms with Crippen molar-refractivity contribution in [2.45, 2.75) is 58.5 Å². The number of nitrogens with one attached hydrogen (secondary N) is 2. The van der Waals surface area contributed by atoms with Crippen molar-refractivity contribution >= 4 is 5.97 Å². The molecule has 0 bridgehead atoms. The molecule has 0 saturated carbocycles. The number of benzene rings is 1. The van der Waals surface area contributed by atoms with Crippen molar-refractivity contribution in [1.29, 1.82) is 0 Å². The van der Waals surface area contributed by atoms with E-state index in [4.69, 9.17) is 18.9 Å². The molecule has 0 unspecified atom stereocenters. The van der Waals surface area contributed by atoms with Crippen LogP contribution in [0.3, 0.4) is 0 Å². The fourth-order valence-electron chi connectivity index (χ4n) is 3.20. The van der Waals surface area contributed by atoms with Crippen molar-refractivity contribution in [1.82, 2.24) is 10.6 Å². The Kier molecular flexibility index (Phi) is 12.9. The molecule has 0 radical (unpaired) electrons. The molecule has 0 aliphatic heterocycles. The second-order valence-corrected chi connectivity index (χ2v) is 6.77. The zero-order valence-electron chi connectivity index (χ0n) is 18.6. The molecule has 0 aromatic heterocycles. The van der Waals surface area contributed by atoms with E-state index in [1.165, 1.54) is 34.2 Å². The molecule has 0 atom stereocenters. The molecule has 0 fully saturated rings. The SMILES string of the molecule is CCNC(CCCCCCCOC(=O)c1cc(OC)c(OC)c(OC)c1)NCC. The first-order valence-corrected chi connectivity index (χ1v) is 10.5. The number of methoxy groups -OCH3 is 3. The third-order valence-electron chi connectivity index (χ3n) is 4.67. The second-order valence-electron chi connectivity index (χ2n) is 6.77. The maximum Gasteiger partial charge on any atom is 0.338 e. The van der Waals surface area contributed by atoms with Gasteiger partial charge in [-0.3, -0.25) is 0 Å². The normalized spacial score (nSPS) is 10.8. The van der Waals surface area contributed by atoms with Gasteiger partial charge in [-0.2, -0.15) is 0 Å². The van der Waals surface area contributed by atoms with Gasteiger partial charge in [-0.25, -0.2) is 4.79 Å². The standard InChI is InChI=1S/C22H38N2O5/c1-6-23-20(24-7-2)13-11-9-8-10-12-14-29-22(25)17-15-18(26-3)21(28-5)19(16-17)27-4/h15-16,20,23-24H,6-14H2,1-5H3. The first kappa shape index (κ1) is 25.0. The monoisotopic (exact) mass is 410 g/mol. The number of hydrogen-bond acceptors (Lipinski definition) is 7. The van der Waals surface area contributed by atoms with Crippen LogP contribution in [0.25, 0.3) is 0 Å². The van der Waals surface area contributed by atoms with E-state index < -0.39 is 0 Å².